The highest BCUT2D eigenvalue weighted by Gasteiger charge is 2.11. The zero-order valence-electron chi connectivity index (χ0n) is 8.01. The minimum absolute atomic E-state index is 0.0188. The lowest BCUT2D eigenvalue weighted by Gasteiger charge is -2.08. The number of rotatable bonds is 7. The number of Topliss-reactive ketones (excluding diaryl/α,β-unsaturated/α-hetero) is 1. The summed E-state index contributed by atoms with van der Waals surface area (Å²) in [6.07, 6.45) is 2.87. The Morgan fingerprint density at radius 1 is 1.50 bits per heavy atom. The van der Waals surface area contributed by atoms with Gasteiger partial charge in [0.05, 0.1) is 6.04 Å². The molecule has 12 heavy (non-hydrogen) atoms. The largest absolute Gasteiger partial charge is 0.374 e. The number of carbonyl (C=O) groups excluding carboxylic acids is 1. The monoisotopic (exact) mass is 173 g/mol. The van der Waals surface area contributed by atoms with E-state index in [0.29, 0.717) is 6.61 Å². The van der Waals surface area contributed by atoms with Crippen LogP contribution in [0.5, 0.6) is 0 Å². The molecule has 0 saturated carbocycles. The van der Waals surface area contributed by atoms with Crippen LogP contribution in [0.1, 0.15) is 33.1 Å². The molecule has 0 spiro atoms. The van der Waals surface area contributed by atoms with Crippen LogP contribution in [-0.4, -0.2) is 25.0 Å². The molecular weight excluding hydrogens is 154 g/mol. The molecule has 0 rings (SSSR count). The summed E-state index contributed by atoms with van der Waals surface area (Å²) < 4.78 is 4.97. The van der Waals surface area contributed by atoms with Crippen LogP contribution < -0.4 is 5.73 Å². The molecule has 3 heteroatoms. The van der Waals surface area contributed by atoms with Gasteiger partial charge in [-0.1, -0.05) is 19.8 Å². The predicted octanol–water partition coefficient (Wildman–Crippen LogP) is 1.11. The molecule has 0 aromatic rings. The summed E-state index contributed by atoms with van der Waals surface area (Å²) in [6.45, 7) is 4.69. The Morgan fingerprint density at radius 3 is 2.67 bits per heavy atom. The lowest BCUT2D eigenvalue weighted by atomic mass is 10.1. The summed E-state index contributed by atoms with van der Waals surface area (Å²) in [5.41, 5.74) is 5.61. The van der Waals surface area contributed by atoms with E-state index in [-0.39, 0.29) is 18.4 Å². The highest BCUT2D eigenvalue weighted by atomic mass is 16.5. The van der Waals surface area contributed by atoms with Crippen molar-refractivity contribution in [2.75, 3.05) is 13.2 Å². The van der Waals surface area contributed by atoms with E-state index in [1.165, 1.54) is 0 Å². The summed E-state index contributed by atoms with van der Waals surface area (Å²) in [4.78, 5) is 11.2. The average Bonchev–Trinajstić information content (AvgIpc) is 2.10. The Hall–Kier alpha value is -0.410. The Morgan fingerprint density at radius 2 is 2.17 bits per heavy atom. The van der Waals surface area contributed by atoms with E-state index in [9.17, 15) is 4.79 Å². The van der Waals surface area contributed by atoms with E-state index in [1.54, 1.807) is 0 Å². The summed E-state index contributed by atoms with van der Waals surface area (Å²) in [5.74, 6) is 0.0188. The average molecular weight is 173 g/mol. The molecule has 0 radical (unpaired) electrons. The molecule has 0 aliphatic heterocycles. The first-order valence-corrected chi connectivity index (χ1v) is 4.58. The zero-order chi connectivity index (χ0) is 9.40. The highest BCUT2D eigenvalue weighted by molar-refractivity contribution is 5.84. The van der Waals surface area contributed by atoms with Gasteiger partial charge in [0.2, 0.25) is 0 Å². The third-order valence-corrected chi connectivity index (χ3v) is 1.73. The second-order valence-electron chi connectivity index (χ2n) is 2.85. The van der Waals surface area contributed by atoms with Gasteiger partial charge in [-0.3, -0.25) is 4.79 Å². The van der Waals surface area contributed by atoms with E-state index in [4.69, 9.17) is 10.5 Å². The van der Waals surface area contributed by atoms with Crippen molar-refractivity contribution in [1.82, 2.24) is 0 Å². The van der Waals surface area contributed by atoms with Crippen molar-refractivity contribution < 1.29 is 9.53 Å². The third kappa shape index (κ3) is 5.27. The number of carbonyl (C=O) groups is 1. The van der Waals surface area contributed by atoms with Crippen molar-refractivity contribution in [3.63, 3.8) is 0 Å². The topological polar surface area (TPSA) is 52.3 Å². The zero-order valence-corrected chi connectivity index (χ0v) is 8.01. The molecule has 0 saturated heterocycles. The van der Waals surface area contributed by atoms with Gasteiger partial charge < -0.3 is 10.5 Å². The Balaban J connectivity index is 3.47. The second kappa shape index (κ2) is 7.25. The molecule has 72 valence electrons. The van der Waals surface area contributed by atoms with Gasteiger partial charge in [-0.15, -0.1) is 0 Å². The van der Waals surface area contributed by atoms with Crippen molar-refractivity contribution >= 4 is 5.78 Å². The van der Waals surface area contributed by atoms with Gasteiger partial charge >= 0.3 is 0 Å². The molecule has 0 amide bonds. The lowest BCUT2D eigenvalue weighted by Crippen LogP contribution is -2.33. The summed E-state index contributed by atoms with van der Waals surface area (Å²) >= 11 is 0. The van der Waals surface area contributed by atoms with E-state index >= 15 is 0 Å². The van der Waals surface area contributed by atoms with Crippen LogP contribution in [-0.2, 0) is 9.53 Å². The van der Waals surface area contributed by atoms with Crippen LogP contribution in [0.2, 0.25) is 0 Å². The maximum absolute atomic E-state index is 11.2. The van der Waals surface area contributed by atoms with Crippen LogP contribution in [0.25, 0.3) is 0 Å². The molecule has 1 unspecified atom stereocenters. The van der Waals surface area contributed by atoms with Crippen molar-refractivity contribution in [1.29, 1.82) is 0 Å². The number of hydrogen-bond donors (Lipinski definition) is 1. The van der Waals surface area contributed by atoms with Gasteiger partial charge in [-0.2, -0.15) is 0 Å². The normalized spacial score (nSPS) is 12.9. The van der Waals surface area contributed by atoms with Crippen LogP contribution in [0.4, 0.5) is 0 Å². The van der Waals surface area contributed by atoms with Crippen molar-refractivity contribution in [2.45, 2.75) is 39.2 Å². The predicted molar refractivity (Wildman–Crippen MR) is 49.0 cm³/mol. The van der Waals surface area contributed by atoms with Crippen molar-refractivity contribution in [3.8, 4) is 0 Å². The van der Waals surface area contributed by atoms with Gasteiger partial charge in [0.15, 0.2) is 5.78 Å². The van der Waals surface area contributed by atoms with Gasteiger partial charge in [0.25, 0.3) is 0 Å². The maximum atomic E-state index is 11.2. The Bertz CT molecular complexity index is 126. The molecule has 0 fully saturated rings. The first kappa shape index (κ1) is 11.6. The van der Waals surface area contributed by atoms with Gasteiger partial charge in [-0.05, 0) is 13.3 Å². The molecule has 0 aliphatic carbocycles. The van der Waals surface area contributed by atoms with Crippen LogP contribution in [0.3, 0.4) is 0 Å². The standard InChI is InChI=1S/C9H19NO2/c1-3-5-6-8(10)9(11)7-12-4-2/h8H,3-7,10H2,1-2H3. The quantitative estimate of drug-likeness (QED) is 0.627. The van der Waals surface area contributed by atoms with Gasteiger partial charge in [0.1, 0.15) is 6.61 Å². The van der Waals surface area contributed by atoms with Crippen LogP contribution in [0.15, 0.2) is 0 Å². The minimum atomic E-state index is -0.323. The number of nitrogens with two attached hydrogens (primary N) is 1. The van der Waals surface area contributed by atoms with Gasteiger partial charge in [0, 0.05) is 6.61 Å². The Labute approximate surface area is 74.3 Å². The maximum Gasteiger partial charge on any atom is 0.175 e. The smallest absolute Gasteiger partial charge is 0.175 e. The summed E-state index contributed by atoms with van der Waals surface area (Å²) in [7, 11) is 0. The number of unbranched alkanes of at least 4 members (excludes halogenated alkanes) is 1. The van der Waals surface area contributed by atoms with Crippen molar-refractivity contribution in [2.24, 2.45) is 5.73 Å². The van der Waals surface area contributed by atoms with Crippen LogP contribution >= 0.6 is 0 Å². The fraction of sp³-hybridized carbons (Fsp3) is 0.889. The summed E-state index contributed by atoms with van der Waals surface area (Å²) in [5, 5.41) is 0. The second-order valence-corrected chi connectivity index (χ2v) is 2.85. The molecule has 1 atom stereocenters. The molecule has 0 bridgehead atoms. The molecule has 0 aliphatic rings. The molecule has 3 nitrogen and oxygen atoms in total. The minimum Gasteiger partial charge on any atom is -0.374 e. The summed E-state index contributed by atoms with van der Waals surface area (Å²) in [6, 6.07) is -0.323. The first-order chi connectivity index (χ1) is 5.72. The van der Waals surface area contributed by atoms with E-state index in [0.717, 1.165) is 19.3 Å². The molecule has 0 aromatic heterocycles. The number of hydrogen-bond acceptors (Lipinski definition) is 3. The van der Waals surface area contributed by atoms with Gasteiger partial charge in [-0.25, -0.2) is 0 Å². The first-order valence-electron chi connectivity index (χ1n) is 4.58. The van der Waals surface area contributed by atoms with E-state index in [2.05, 4.69) is 6.92 Å². The highest BCUT2D eigenvalue weighted by Crippen LogP contribution is 1.99. The third-order valence-electron chi connectivity index (χ3n) is 1.73. The molecule has 2 N–H and O–H groups in total. The Kier molecular flexibility index (Phi) is 7.00. The molecule has 0 heterocycles. The van der Waals surface area contributed by atoms with E-state index < -0.39 is 0 Å². The fourth-order valence-electron chi connectivity index (χ4n) is 0.895. The van der Waals surface area contributed by atoms with Crippen LogP contribution in [0, 0.1) is 0 Å². The van der Waals surface area contributed by atoms with E-state index in [1.807, 2.05) is 6.92 Å². The molecule has 0 aromatic carbocycles. The number of ketones is 1. The fourth-order valence-corrected chi connectivity index (χ4v) is 0.895. The SMILES string of the molecule is CCCCC(N)C(=O)COCC. The number of ether oxygens (including phenoxy) is 1. The molecular formula is C9H19NO2. The lowest BCUT2D eigenvalue weighted by molar-refractivity contribution is -0.124. The van der Waals surface area contributed by atoms with Crippen molar-refractivity contribution in [3.05, 3.63) is 0 Å².